The second-order valence-electron chi connectivity index (χ2n) is 6.09. The summed E-state index contributed by atoms with van der Waals surface area (Å²) in [6, 6.07) is 14.5. The number of amides is 1. The first-order valence-electron chi connectivity index (χ1n) is 8.23. The Balaban J connectivity index is 1.79. The number of benzene rings is 2. The van der Waals surface area contributed by atoms with Gasteiger partial charge in [-0.3, -0.25) is 14.9 Å². The Kier molecular flexibility index (Phi) is 6.65. The molecule has 1 amide bonds. The summed E-state index contributed by atoms with van der Waals surface area (Å²) in [4.78, 5) is 24.8. The zero-order valence-electron chi connectivity index (χ0n) is 14.6. The SMILES string of the molecule is Cc1ccc([N+](=O)[O-])cc1C(=O)NCCCN(C)Cc1ccccc1. The van der Waals surface area contributed by atoms with Gasteiger partial charge in [0.1, 0.15) is 0 Å². The van der Waals surface area contributed by atoms with Gasteiger partial charge in [-0.2, -0.15) is 0 Å². The molecule has 0 atom stereocenters. The molecule has 2 rings (SSSR count). The van der Waals surface area contributed by atoms with Gasteiger partial charge in [0.2, 0.25) is 0 Å². The topological polar surface area (TPSA) is 75.5 Å². The minimum Gasteiger partial charge on any atom is -0.352 e. The van der Waals surface area contributed by atoms with Crippen LogP contribution in [-0.2, 0) is 6.54 Å². The number of hydrogen-bond donors (Lipinski definition) is 1. The molecular weight excluding hydrogens is 318 g/mol. The van der Waals surface area contributed by atoms with Gasteiger partial charge in [-0.1, -0.05) is 36.4 Å². The molecule has 0 spiro atoms. The highest BCUT2D eigenvalue weighted by Crippen LogP contribution is 2.17. The quantitative estimate of drug-likeness (QED) is 0.455. The maximum Gasteiger partial charge on any atom is 0.270 e. The molecule has 0 aliphatic carbocycles. The molecule has 2 aromatic carbocycles. The van der Waals surface area contributed by atoms with E-state index in [-0.39, 0.29) is 11.6 Å². The van der Waals surface area contributed by atoms with E-state index < -0.39 is 4.92 Å². The van der Waals surface area contributed by atoms with Gasteiger partial charge in [0.05, 0.1) is 4.92 Å². The van der Waals surface area contributed by atoms with Gasteiger partial charge in [0, 0.05) is 30.8 Å². The lowest BCUT2D eigenvalue weighted by Crippen LogP contribution is -2.28. The minimum atomic E-state index is -0.491. The van der Waals surface area contributed by atoms with Crippen molar-refractivity contribution < 1.29 is 9.72 Å². The third kappa shape index (κ3) is 5.69. The van der Waals surface area contributed by atoms with E-state index in [0.29, 0.717) is 12.1 Å². The highest BCUT2D eigenvalue weighted by Gasteiger charge is 2.14. The molecule has 6 nitrogen and oxygen atoms in total. The Labute approximate surface area is 147 Å². The molecule has 132 valence electrons. The number of carbonyl (C=O) groups excluding carboxylic acids is 1. The van der Waals surface area contributed by atoms with E-state index in [1.54, 1.807) is 13.0 Å². The Bertz CT molecular complexity index is 732. The second-order valence-corrected chi connectivity index (χ2v) is 6.09. The fraction of sp³-hybridized carbons (Fsp3) is 0.316. The molecule has 0 unspecified atom stereocenters. The molecule has 0 aliphatic heterocycles. The number of hydrogen-bond acceptors (Lipinski definition) is 4. The van der Waals surface area contributed by atoms with E-state index in [1.165, 1.54) is 17.7 Å². The van der Waals surface area contributed by atoms with Crippen molar-refractivity contribution in [1.82, 2.24) is 10.2 Å². The summed E-state index contributed by atoms with van der Waals surface area (Å²) in [5.41, 5.74) is 2.26. The first-order chi connectivity index (χ1) is 12.0. The van der Waals surface area contributed by atoms with Crippen LogP contribution in [0.4, 0.5) is 5.69 Å². The Morgan fingerprint density at radius 3 is 2.60 bits per heavy atom. The number of nitrogens with zero attached hydrogens (tertiary/aromatic N) is 2. The third-order valence-electron chi connectivity index (χ3n) is 3.97. The summed E-state index contributed by atoms with van der Waals surface area (Å²) < 4.78 is 0. The van der Waals surface area contributed by atoms with Crippen LogP contribution < -0.4 is 5.32 Å². The zero-order valence-corrected chi connectivity index (χ0v) is 14.6. The van der Waals surface area contributed by atoms with Crippen molar-refractivity contribution in [1.29, 1.82) is 0 Å². The molecule has 0 aromatic heterocycles. The van der Waals surface area contributed by atoms with Gasteiger partial charge in [0.25, 0.3) is 11.6 Å². The number of rotatable bonds is 8. The number of carbonyl (C=O) groups is 1. The predicted octanol–water partition coefficient (Wildman–Crippen LogP) is 3.16. The van der Waals surface area contributed by atoms with E-state index in [1.807, 2.05) is 25.2 Å². The lowest BCUT2D eigenvalue weighted by atomic mass is 10.1. The Morgan fingerprint density at radius 2 is 1.92 bits per heavy atom. The second kappa shape index (κ2) is 8.94. The van der Waals surface area contributed by atoms with Crippen molar-refractivity contribution in [2.45, 2.75) is 19.9 Å². The lowest BCUT2D eigenvalue weighted by molar-refractivity contribution is -0.384. The summed E-state index contributed by atoms with van der Waals surface area (Å²) >= 11 is 0. The van der Waals surface area contributed by atoms with Crippen LogP contribution in [0.25, 0.3) is 0 Å². The number of non-ortho nitro benzene ring substituents is 1. The summed E-state index contributed by atoms with van der Waals surface area (Å²) in [6.07, 6.45) is 0.809. The Morgan fingerprint density at radius 1 is 1.20 bits per heavy atom. The van der Waals surface area contributed by atoms with E-state index in [2.05, 4.69) is 22.3 Å². The van der Waals surface area contributed by atoms with Gasteiger partial charge in [-0.15, -0.1) is 0 Å². The van der Waals surface area contributed by atoms with Gasteiger partial charge in [-0.25, -0.2) is 0 Å². The van der Waals surface area contributed by atoms with E-state index in [4.69, 9.17) is 0 Å². The molecule has 0 aliphatic rings. The third-order valence-corrected chi connectivity index (χ3v) is 3.97. The van der Waals surface area contributed by atoms with Crippen LogP contribution in [0.15, 0.2) is 48.5 Å². The first kappa shape index (κ1) is 18.6. The van der Waals surface area contributed by atoms with Gasteiger partial charge in [-0.05, 0) is 38.1 Å². The van der Waals surface area contributed by atoms with Crippen LogP contribution in [0.1, 0.15) is 27.9 Å². The van der Waals surface area contributed by atoms with Gasteiger partial charge < -0.3 is 10.2 Å². The van der Waals surface area contributed by atoms with Gasteiger partial charge >= 0.3 is 0 Å². The fourth-order valence-corrected chi connectivity index (χ4v) is 2.59. The van der Waals surface area contributed by atoms with Crippen LogP contribution >= 0.6 is 0 Å². The van der Waals surface area contributed by atoms with Crippen LogP contribution in [0.2, 0.25) is 0 Å². The zero-order chi connectivity index (χ0) is 18.2. The highest BCUT2D eigenvalue weighted by atomic mass is 16.6. The largest absolute Gasteiger partial charge is 0.352 e. The number of nitro benzene ring substituents is 1. The maximum atomic E-state index is 12.2. The molecule has 0 saturated carbocycles. The van der Waals surface area contributed by atoms with Crippen LogP contribution in [0.3, 0.4) is 0 Å². The molecule has 6 heteroatoms. The molecular formula is C19H23N3O3. The molecule has 1 N–H and O–H groups in total. The number of aryl methyl sites for hydroxylation is 1. The number of nitrogens with one attached hydrogen (secondary N) is 1. The highest BCUT2D eigenvalue weighted by molar-refractivity contribution is 5.96. The van der Waals surface area contributed by atoms with Crippen molar-refractivity contribution in [2.75, 3.05) is 20.1 Å². The van der Waals surface area contributed by atoms with Crippen LogP contribution in [0, 0.1) is 17.0 Å². The lowest BCUT2D eigenvalue weighted by Gasteiger charge is -2.16. The molecule has 0 fully saturated rings. The Hall–Kier alpha value is -2.73. The summed E-state index contributed by atoms with van der Waals surface area (Å²) in [5.74, 6) is -0.271. The van der Waals surface area contributed by atoms with E-state index in [0.717, 1.165) is 25.1 Å². The van der Waals surface area contributed by atoms with Crippen molar-refractivity contribution in [3.8, 4) is 0 Å². The molecule has 0 saturated heterocycles. The van der Waals surface area contributed by atoms with Crippen molar-refractivity contribution in [3.05, 3.63) is 75.3 Å². The van der Waals surface area contributed by atoms with E-state index >= 15 is 0 Å². The van der Waals surface area contributed by atoms with Crippen molar-refractivity contribution in [3.63, 3.8) is 0 Å². The summed E-state index contributed by atoms with van der Waals surface area (Å²) in [5, 5.41) is 13.7. The normalized spacial score (nSPS) is 10.7. The average Bonchev–Trinajstić information content (AvgIpc) is 2.59. The van der Waals surface area contributed by atoms with Crippen LogP contribution in [-0.4, -0.2) is 35.9 Å². The molecule has 2 aromatic rings. The van der Waals surface area contributed by atoms with Crippen molar-refractivity contribution >= 4 is 11.6 Å². The van der Waals surface area contributed by atoms with E-state index in [9.17, 15) is 14.9 Å². The predicted molar refractivity (Wildman–Crippen MR) is 97.6 cm³/mol. The summed E-state index contributed by atoms with van der Waals surface area (Å²) in [6.45, 7) is 4.01. The molecule has 0 radical (unpaired) electrons. The minimum absolute atomic E-state index is 0.0710. The summed E-state index contributed by atoms with van der Waals surface area (Å²) in [7, 11) is 2.04. The first-order valence-corrected chi connectivity index (χ1v) is 8.23. The average molecular weight is 341 g/mol. The number of nitro groups is 1. The maximum absolute atomic E-state index is 12.2. The van der Waals surface area contributed by atoms with Crippen LogP contribution in [0.5, 0.6) is 0 Å². The van der Waals surface area contributed by atoms with Gasteiger partial charge in [0.15, 0.2) is 0 Å². The fourth-order valence-electron chi connectivity index (χ4n) is 2.59. The smallest absolute Gasteiger partial charge is 0.270 e. The monoisotopic (exact) mass is 341 g/mol. The molecule has 25 heavy (non-hydrogen) atoms. The van der Waals surface area contributed by atoms with Crippen molar-refractivity contribution in [2.24, 2.45) is 0 Å². The molecule has 0 heterocycles. The molecule has 0 bridgehead atoms. The standard InChI is InChI=1S/C19H23N3O3/c1-15-9-10-17(22(24)25)13-18(15)19(23)20-11-6-12-21(2)14-16-7-4-3-5-8-16/h3-5,7-10,13H,6,11-12,14H2,1-2H3,(H,20,23).